The molecule has 122 valence electrons. The minimum atomic E-state index is -0.00865. The molecule has 0 aliphatic carbocycles. The van der Waals surface area contributed by atoms with E-state index in [4.69, 9.17) is 0 Å². The maximum atomic E-state index is 11.4. The number of ketones is 1. The zero-order valence-electron chi connectivity index (χ0n) is 14.3. The fourth-order valence-corrected chi connectivity index (χ4v) is 2.50. The van der Waals surface area contributed by atoms with Gasteiger partial charge in [0.1, 0.15) is 0 Å². The summed E-state index contributed by atoms with van der Waals surface area (Å²) in [7, 11) is 0. The van der Waals surface area contributed by atoms with Crippen molar-refractivity contribution in [3.8, 4) is 0 Å². The molecule has 0 saturated carbocycles. The largest absolute Gasteiger partial charge is 0.370 e. The van der Waals surface area contributed by atoms with Crippen molar-refractivity contribution in [2.24, 2.45) is 0 Å². The molecule has 0 bridgehead atoms. The van der Waals surface area contributed by atoms with Gasteiger partial charge in [-0.25, -0.2) is 9.97 Å². The molecular formula is C18H24N4O. The van der Waals surface area contributed by atoms with Gasteiger partial charge in [-0.3, -0.25) is 4.79 Å². The predicted octanol–water partition coefficient (Wildman–Crippen LogP) is 3.23. The van der Waals surface area contributed by atoms with Gasteiger partial charge in [0, 0.05) is 31.5 Å². The maximum Gasteiger partial charge on any atom is 0.222 e. The molecule has 1 heterocycles. The van der Waals surface area contributed by atoms with Crippen molar-refractivity contribution in [3.05, 3.63) is 47.3 Å². The molecule has 0 unspecified atom stereocenters. The lowest BCUT2D eigenvalue weighted by Crippen LogP contribution is -2.29. The Morgan fingerprint density at radius 1 is 1.30 bits per heavy atom. The molecule has 2 rings (SSSR count). The van der Waals surface area contributed by atoms with Gasteiger partial charge in [-0.15, -0.1) is 0 Å². The van der Waals surface area contributed by atoms with Crippen LogP contribution in [0.3, 0.4) is 0 Å². The minimum absolute atomic E-state index is 0.00865. The van der Waals surface area contributed by atoms with Crippen molar-refractivity contribution >= 4 is 17.4 Å². The number of rotatable bonds is 7. The second kappa shape index (κ2) is 7.72. The van der Waals surface area contributed by atoms with E-state index in [1.54, 1.807) is 6.20 Å². The standard InChI is InChI=1S/C18H24N4O/c1-5-22(16-8-6-7-13(2)11-16)10-9-19-18-20-12-17(15(4)23)14(3)21-18/h6-8,11-12H,5,9-10H2,1-4H3,(H,19,20,21). The first kappa shape index (κ1) is 16.9. The van der Waals surface area contributed by atoms with Gasteiger partial charge in [-0.05, 0) is 45.4 Å². The monoisotopic (exact) mass is 312 g/mol. The van der Waals surface area contributed by atoms with Gasteiger partial charge < -0.3 is 10.2 Å². The quantitative estimate of drug-likeness (QED) is 0.795. The highest BCUT2D eigenvalue weighted by molar-refractivity contribution is 5.94. The molecular weight excluding hydrogens is 288 g/mol. The zero-order valence-corrected chi connectivity index (χ0v) is 14.3. The van der Waals surface area contributed by atoms with Crippen LogP contribution in [0.25, 0.3) is 0 Å². The van der Waals surface area contributed by atoms with E-state index < -0.39 is 0 Å². The molecule has 2 aromatic rings. The number of carbonyl (C=O) groups is 1. The van der Waals surface area contributed by atoms with Gasteiger partial charge in [0.2, 0.25) is 5.95 Å². The number of Topliss-reactive ketones (excluding diaryl/α,β-unsaturated/α-hetero) is 1. The van der Waals surface area contributed by atoms with Gasteiger partial charge in [0.05, 0.1) is 11.3 Å². The van der Waals surface area contributed by atoms with Crippen molar-refractivity contribution in [2.45, 2.75) is 27.7 Å². The Kier molecular flexibility index (Phi) is 5.68. The second-order valence-electron chi connectivity index (χ2n) is 5.59. The molecule has 0 radical (unpaired) electrons. The van der Waals surface area contributed by atoms with E-state index in [0.717, 1.165) is 19.6 Å². The number of aryl methyl sites for hydroxylation is 2. The van der Waals surface area contributed by atoms with Crippen LogP contribution in [-0.4, -0.2) is 35.4 Å². The summed E-state index contributed by atoms with van der Waals surface area (Å²) in [5.74, 6) is 0.554. The van der Waals surface area contributed by atoms with Crippen LogP contribution in [-0.2, 0) is 0 Å². The summed E-state index contributed by atoms with van der Waals surface area (Å²) in [6, 6.07) is 8.49. The third-order valence-electron chi connectivity index (χ3n) is 3.77. The van der Waals surface area contributed by atoms with E-state index in [2.05, 4.69) is 58.3 Å². The van der Waals surface area contributed by atoms with E-state index in [1.807, 2.05) is 6.92 Å². The second-order valence-corrected chi connectivity index (χ2v) is 5.59. The van der Waals surface area contributed by atoms with Crippen LogP contribution in [0.5, 0.6) is 0 Å². The van der Waals surface area contributed by atoms with E-state index in [0.29, 0.717) is 17.2 Å². The van der Waals surface area contributed by atoms with E-state index in [1.165, 1.54) is 18.2 Å². The minimum Gasteiger partial charge on any atom is -0.370 e. The number of nitrogens with one attached hydrogen (secondary N) is 1. The lowest BCUT2D eigenvalue weighted by atomic mass is 10.2. The number of anilines is 2. The first-order valence-electron chi connectivity index (χ1n) is 7.91. The van der Waals surface area contributed by atoms with Gasteiger partial charge in [-0.1, -0.05) is 12.1 Å². The molecule has 0 aliphatic rings. The summed E-state index contributed by atoms with van der Waals surface area (Å²) >= 11 is 0. The maximum absolute atomic E-state index is 11.4. The van der Waals surface area contributed by atoms with Crippen molar-refractivity contribution in [1.82, 2.24) is 9.97 Å². The predicted molar refractivity (Wildman–Crippen MR) is 94.3 cm³/mol. The highest BCUT2D eigenvalue weighted by atomic mass is 16.1. The molecule has 0 fully saturated rings. The highest BCUT2D eigenvalue weighted by Crippen LogP contribution is 2.15. The molecule has 1 aromatic heterocycles. The molecule has 0 spiro atoms. The van der Waals surface area contributed by atoms with Crippen LogP contribution < -0.4 is 10.2 Å². The van der Waals surface area contributed by atoms with Gasteiger partial charge in [0.25, 0.3) is 0 Å². The van der Waals surface area contributed by atoms with Crippen LogP contribution in [0, 0.1) is 13.8 Å². The Labute approximate surface area is 137 Å². The van der Waals surface area contributed by atoms with Crippen LogP contribution >= 0.6 is 0 Å². The third kappa shape index (κ3) is 4.52. The Balaban J connectivity index is 1.95. The summed E-state index contributed by atoms with van der Waals surface area (Å²) in [5, 5.41) is 3.23. The van der Waals surface area contributed by atoms with E-state index >= 15 is 0 Å². The first-order chi connectivity index (χ1) is 11.0. The Bertz CT molecular complexity index is 684. The van der Waals surface area contributed by atoms with E-state index in [9.17, 15) is 4.79 Å². The van der Waals surface area contributed by atoms with Crippen LogP contribution in [0.2, 0.25) is 0 Å². The Morgan fingerprint density at radius 2 is 2.09 bits per heavy atom. The van der Waals surface area contributed by atoms with Crippen LogP contribution in [0.1, 0.15) is 35.5 Å². The molecule has 0 atom stereocenters. The van der Waals surface area contributed by atoms with Crippen molar-refractivity contribution < 1.29 is 4.79 Å². The summed E-state index contributed by atoms with van der Waals surface area (Å²) in [6.45, 7) is 10.1. The third-order valence-corrected chi connectivity index (χ3v) is 3.77. The number of nitrogens with zero attached hydrogens (tertiary/aromatic N) is 3. The van der Waals surface area contributed by atoms with Gasteiger partial charge in [0.15, 0.2) is 5.78 Å². The number of aromatic nitrogens is 2. The van der Waals surface area contributed by atoms with Crippen molar-refractivity contribution in [1.29, 1.82) is 0 Å². The number of hydrogen-bond donors (Lipinski definition) is 1. The fraction of sp³-hybridized carbons (Fsp3) is 0.389. The number of likely N-dealkylation sites (N-methyl/N-ethyl adjacent to an activating group) is 1. The average Bonchev–Trinajstić information content (AvgIpc) is 2.51. The molecule has 5 heteroatoms. The molecule has 0 amide bonds. The number of benzene rings is 1. The highest BCUT2D eigenvalue weighted by Gasteiger charge is 2.08. The van der Waals surface area contributed by atoms with Gasteiger partial charge in [-0.2, -0.15) is 0 Å². The Hall–Kier alpha value is -2.43. The lowest BCUT2D eigenvalue weighted by Gasteiger charge is -2.23. The number of carbonyl (C=O) groups excluding carboxylic acids is 1. The van der Waals surface area contributed by atoms with E-state index in [-0.39, 0.29) is 5.78 Å². The summed E-state index contributed by atoms with van der Waals surface area (Å²) in [6.07, 6.45) is 1.59. The molecule has 5 nitrogen and oxygen atoms in total. The number of hydrogen-bond acceptors (Lipinski definition) is 5. The summed E-state index contributed by atoms with van der Waals surface area (Å²) in [4.78, 5) is 22.3. The lowest BCUT2D eigenvalue weighted by molar-refractivity contribution is 0.101. The topological polar surface area (TPSA) is 58.1 Å². The normalized spacial score (nSPS) is 10.4. The summed E-state index contributed by atoms with van der Waals surface area (Å²) in [5.41, 5.74) is 3.76. The summed E-state index contributed by atoms with van der Waals surface area (Å²) < 4.78 is 0. The molecule has 0 aliphatic heterocycles. The molecule has 23 heavy (non-hydrogen) atoms. The van der Waals surface area contributed by atoms with Crippen LogP contribution in [0.15, 0.2) is 30.5 Å². The fourth-order valence-electron chi connectivity index (χ4n) is 2.50. The zero-order chi connectivity index (χ0) is 16.8. The average molecular weight is 312 g/mol. The molecule has 0 saturated heterocycles. The smallest absolute Gasteiger partial charge is 0.222 e. The Morgan fingerprint density at radius 3 is 2.70 bits per heavy atom. The molecule has 1 aromatic carbocycles. The van der Waals surface area contributed by atoms with Crippen molar-refractivity contribution in [3.63, 3.8) is 0 Å². The van der Waals surface area contributed by atoms with Gasteiger partial charge >= 0.3 is 0 Å². The first-order valence-corrected chi connectivity index (χ1v) is 7.91. The van der Waals surface area contributed by atoms with Crippen LogP contribution in [0.4, 0.5) is 11.6 Å². The van der Waals surface area contributed by atoms with Crippen molar-refractivity contribution in [2.75, 3.05) is 29.9 Å². The molecule has 1 N–H and O–H groups in total. The SMILES string of the molecule is CCN(CCNc1ncc(C(C)=O)c(C)n1)c1cccc(C)c1.